The third-order valence-corrected chi connectivity index (χ3v) is 3.82. The minimum Gasteiger partial charge on any atom is -0.361 e. The topological polar surface area (TPSA) is 15.8 Å². The van der Waals surface area contributed by atoms with Gasteiger partial charge in [0.2, 0.25) is 0 Å². The molecule has 2 aromatic carbocycles. The molecular formula is C14H9Br2N. The molecule has 0 aliphatic heterocycles. The molecule has 0 saturated heterocycles. The van der Waals surface area contributed by atoms with Gasteiger partial charge < -0.3 is 4.98 Å². The van der Waals surface area contributed by atoms with Gasteiger partial charge in [-0.3, -0.25) is 0 Å². The van der Waals surface area contributed by atoms with E-state index in [1.807, 2.05) is 0 Å². The number of nitrogens with one attached hydrogen (secondary N) is 1. The van der Waals surface area contributed by atoms with E-state index in [0.29, 0.717) is 0 Å². The molecule has 0 radical (unpaired) electrons. The van der Waals surface area contributed by atoms with Crippen molar-refractivity contribution in [2.24, 2.45) is 0 Å². The van der Waals surface area contributed by atoms with Gasteiger partial charge in [0.05, 0.1) is 0 Å². The Balaban J connectivity index is 2.21. The van der Waals surface area contributed by atoms with Gasteiger partial charge in [-0.1, -0.05) is 50.1 Å². The van der Waals surface area contributed by atoms with Crippen molar-refractivity contribution in [3.8, 4) is 11.1 Å². The maximum atomic E-state index is 3.48. The molecule has 3 heteroatoms. The quantitative estimate of drug-likeness (QED) is 0.608. The molecule has 1 aromatic heterocycles. The van der Waals surface area contributed by atoms with E-state index in [9.17, 15) is 0 Å². The van der Waals surface area contributed by atoms with E-state index in [2.05, 4.69) is 85.5 Å². The van der Waals surface area contributed by atoms with Crippen LogP contribution in [-0.4, -0.2) is 4.98 Å². The van der Waals surface area contributed by atoms with Crippen LogP contribution in [0.25, 0.3) is 22.0 Å². The number of H-pyrrole nitrogens is 1. The highest BCUT2D eigenvalue weighted by Gasteiger charge is 2.05. The molecular weight excluding hydrogens is 342 g/mol. The van der Waals surface area contributed by atoms with Gasteiger partial charge in [-0.25, -0.2) is 0 Å². The van der Waals surface area contributed by atoms with Gasteiger partial charge in [0.15, 0.2) is 0 Å². The number of rotatable bonds is 1. The summed E-state index contributed by atoms with van der Waals surface area (Å²) in [6.07, 6.45) is 2.06. The first-order valence-electron chi connectivity index (χ1n) is 5.26. The van der Waals surface area contributed by atoms with Gasteiger partial charge in [-0.05, 0) is 29.8 Å². The lowest BCUT2D eigenvalue weighted by molar-refractivity contribution is 1.47. The van der Waals surface area contributed by atoms with E-state index in [1.54, 1.807) is 0 Å². The molecule has 3 aromatic rings. The summed E-state index contributed by atoms with van der Waals surface area (Å²) in [6.45, 7) is 0. The summed E-state index contributed by atoms with van der Waals surface area (Å²) in [5, 5.41) is 1.25. The van der Waals surface area contributed by atoms with Crippen LogP contribution < -0.4 is 0 Å². The van der Waals surface area contributed by atoms with Crippen molar-refractivity contribution < 1.29 is 0 Å². The summed E-state index contributed by atoms with van der Waals surface area (Å²) in [6, 6.07) is 14.7. The molecule has 0 atom stereocenters. The van der Waals surface area contributed by atoms with Gasteiger partial charge in [0, 0.05) is 31.6 Å². The molecule has 0 aliphatic carbocycles. The lowest BCUT2D eigenvalue weighted by atomic mass is 10.1. The summed E-state index contributed by atoms with van der Waals surface area (Å²) in [4.78, 5) is 3.30. The SMILES string of the molecule is Brc1ccc(-c2c[nH]c3cc(Br)ccc23)cc1. The fraction of sp³-hybridized carbons (Fsp3) is 0. The second-order valence-corrected chi connectivity index (χ2v) is 5.73. The zero-order valence-electron chi connectivity index (χ0n) is 8.87. The number of aromatic amines is 1. The first-order valence-corrected chi connectivity index (χ1v) is 6.85. The largest absolute Gasteiger partial charge is 0.361 e. The van der Waals surface area contributed by atoms with Crippen molar-refractivity contribution in [3.05, 3.63) is 57.6 Å². The van der Waals surface area contributed by atoms with Crippen LogP contribution in [-0.2, 0) is 0 Å². The number of aromatic nitrogens is 1. The smallest absolute Gasteiger partial charge is 0.0471 e. The molecule has 0 unspecified atom stereocenters. The van der Waals surface area contributed by atoms with Gasteiger partial charge in [-0.2, -0.15) is 0 Å². The van der Waals surface area contributed by atoms with Crippen LogP contribution in [0.15, 0.2) is 57.6 Å². The maximum absolute atomic E-state index is 3.48. The van der Waals surface area contributed by atoms with Crippen LogP contribution in [0.1, 0.15) is 0 Å². The number of halogens is 2. The fourth-order valence-electron chi connectivity index (χ4n) is 1.97. The zero-order chi connectivity index (χ0) is 11.8. The minimum absolute atomic E-state index is 1.09. The Morgan fingerprint density at radius 2 is 1.53 bits per heavy atom. The van der Waals surface area contributed by atoms with Crippen LogP contribution in [0.3, 0.4) is 0 Å². The molecule has 0 amide bonds. The first-order chi connectivity index (χ1) is 8.24. The predicted molar refractivity (Wildman–Crippen MR) is 79.1 cm³/mol. The molecule has 0 bridgehead atoms. The van der Waals surface area contributed by atoms with Gasteiger partial charge in [-0.15, -0.1) is 0 Å². The van der Waals surface area contributed by atoms with Crippen molar-refractivity contribution in [3.63, 3.8) is 0 Å². The summed E-state index contributed by atoms with van der Waals surface area (Å²) in [5.74, 6) is 0. The second-order valence-electron chi connectivity index (χ2n) is 3.90. The van der Waals surface area contributed by atoms with E-state index in [0.717, 1.165) is 14.5 Å². The Hall–Kier alpha value is -1.06. The number of hydrogen-bond acceptors (Lipinski definition) is 0. The molecule has 1 N–H and O–H groups in total. The Morgan fingerprint density at radius 1 is 0.824 bits per heavy atom. The third kappa shape index (κ3) is 2.05. The van der Waals surface area contributed by atoms with Crippen LogP contribution >= 0.6 is 31.9 Å². The third-order valence-electron chi connectivity index (χ3n) is 2.80. The van der Waals surface area contributed by atoms with E-state index in [-0.39, 0.29) is 0 Å². The van der Waals surface area contributed by atoms with Crippen LogP contribution in [0.4, 0.5) is 0 Å². The molecule has 0 aliphatic rings. The Labute approximate surface area is 116 Å². The normalized spacial score (nSPS) is 10.9. The summed E-state index contributed by atoms with van der Waals surface area (Å²) in [5.41, 5.74) is 3.61. The van der Waals surface area contributed by atoms with Crippen LogP contribution in [0.5, 0.6) is 0 Å². The highest BCUT2D eigenvalue weighted by Crippen LogP contribution is 2.30. The van der Waals surface area contributed by atoms with Crippen molar-refractivity contribution in [1.82, 2.24) is 4.98 Å². The summed E-state index contributed by atoms with van der Waals surface area (Å²) in [7, 11) is 0. The molecule has 0 fully saturated rings. The van der Waals surface area contributed by atoms with Crippen molar-refractivity contribution in [2.75, 3.05) is 0 Å². The Kier molecular flexibility index (Phi) is 2.81. The second kappa shape index (κ2) is 4.31. The van der Waals surface area contributed by atoms with Gasteiger partial charge >= 0.3 is 0 Å². The lowest BCUT2D eigenvalue weighted by Crippen LogP contribution is -1.75. The standard InChI is InChI=1S/C14H9Br2N/c15-10-3-1-9(2-4-10)13-8-17-14-7-11(16)5-6-12(13)14/h1-8,17H. The summed E-state index contributed by atoms with van der Waals surface area (Å²) < 4.78 is 2.19. The molecule has 84 valence electrons. The average Bonchev–Trinajstić information content (AvgIpc) is 2.73. The zero-order valence-corrected chi connectivity index (χ0v) is 12.0. The molecule has 1 heterocycles. The van der Waals surface area contributed by atoms with Crippen molar-refractivity contribution in [1.29, 1.82) is 0 Å². The van der Waals surface area contributed by atoms with Crippen LogP contribution in [0.2, 0.25) is 0 Å². The monoisotopic (exact) mass is 349 g/mol. The minimum atomic E-state index is 1.09. The van der Waals surface area contributed by atoms with Crippen LogP contribution in [0, 0.1) is 0 Å². The molecule has 17 heavy (non-hydrogen) atoms. The highest BCUT2D eigenvalue weighted by atomic mass is 79.9. The van der Waals surface area contributed by atoms with Crippen molar-refractivity contribution in [2.45, 2.75) is 0 Å². The van der Waals surface area contributed by atoms with Gasteiger partial charge in [0.1, 0.15) is 0 Å². The highest BCUT2D eigenvalue weighted by molar-refractivity contribution is 9.10. The molecule has 1 nitrogen and oxygen atoms in total. The average molecular weight is 351 g/mol. The fourth-order valence-corrected chi connectivity index (χ4v) is 2.59. The van der Waals surface area contributed by atoms with Gasteiger partial charge in [0.25, 0.3) is 0 Å². The van der Waals surface area contributed by atoms with E-state index < -0.39 is 0 Å². The Morgan fingerprint density at radius 3 is 2.29 bits per heavy atom. The Bertz CT molecular complexity index is 668. The van der Waals surface area contributed by atoms with E-state index >= 15 is 0 Å². The molecule has 0 spiro atoms. The maximum Gasteiger partial charge on any atom is 0.0471 e. The first kappa shape index (κ1) is 11.1. The van der Waals surface area contributed by atoms with E-state index in [4.69, 9.17) is 0 Å². The molecule has 3 rings (SSSR count). The predicted octanol–water partition coefficient (Wildman–Crippen LogP) is 5.36. The number of hydrogen-bond donors (Lipinski definition) is 1. The lowest BCUT2D eigenvalue weighted by Gasteiger charge is -2.00. The summed E-state index contributed by atoms with van der Waals surface area (Å²) >= 11 is 6.94. The number of benzene rings is 2. The number of fused-ring (bicyclic) bond motifs is 1. The van der Waals surface area contributed by atoms with E-state index in [1.165, 1.54) is 16.5 Å². The molecule has 0 saturated carbocycles. The van der Waals surface area contributed by atoms with Crippen molar-refractivity contribution >= 4 is 42.8 Å².